The van der Waals surface area contributed by atoms with Gasteiger partial charge in [0.25, 0.3) is 0 Å². The number of carbonyl (C=O) groups excluding carboxylic acids is 1. The van der Waals surface area contributed by atoms with E-state index in [4.69, 9.17) is 0 Å². The van der Waals surface area contributed by atoms with Gasteiger partial charge in [0, 0.05) is 26.1 Å². The summed E-state index contributed by atoms with van der Waals surface area (Å²) in [7, 11) is 0. The molecule has 1 amide bonds. The lowest BCUT2D eigenvalue weighted by atomic mass is 10.2. The van der Waals surface area contributed by atoms with Crippen molar-refractivity contribution in [1.29, 1.82) is 0 Å². The highest BCUT2D eigenvalue weighted by Crippen LogP contribution is 2.04. The summed E-state index contributed by atoms with van der Waals surface area (Å²) in [6.45, 7) is 12.6. The molecule has 0 radical (unpaired) electrons. The third-order valence-corrected chi connectivity index (χ3v) is 2.29. The van der Waals surface area contributed by atoms with E-state index in [9.17, 15) is 4.79 Å². The average Bonchev–Trinajstić information content (AvgIpc) is 2.23. The number of hydrogen-bond donors (Lipinski definition) is 1. The van der Waals surface area contributed by atoms with Crippen LogP contribution in [-0.4, -0.2) is 30.4 Å². The largest absolute Gasteiger partial charge is 0.391 e. The molecule has 3 nitrogen and oxygen atoms in total. The SMILES string of the molecule is C=CNCCCC(=O)N(CCC)CC(C)C. The van der Waals surface area contributed by atoms with Crippen molar-refractivity contribution < 1.29 is 4.79 Å². The Morgan fingerprint density at radius 3 is 2.69 bits per heavy atom. The van der Waals surface area contributed by atoms with Crippen molar-refractivity contribution in [2.24, 2.45) is 5.92 Å². The van der Waals surface area contributed by atoms with Crippen LogP contribution < -0.4 is 5.32 Å². The lowest BCUT2D eigenvalue weighted by Crippen LogP contribution is -2.35. The summed E-state index contributed by atoms with van der Waals surface area (Å²) >= 11 is 0. The first kappa shape index (κ1) is 15.0. The van der Waals surface area contributed by atoms with Crippen LogP contribution in [0, 0.1) is 5.92 Å². The molecule has 0 unspecified atom stereocenters. The van der Waals surface area contributed by atoms with Gasteiger partial charge in [0.15, 0.2) is 0 Å². The second-order valence-electron chi connectivity index (χ2n) is 4.50. The van der Waals surface area contributed by atoms with Crippen molar-refractivity contribution in [3.63, 3.8) is 0 Å². The summed E-state index contributed by atoms with van der Waals surface area (Å²) in [5.41, 5.74) is 0. The van der Waals surface area contributed by atoms with E-state index in [-0.39, 0.29) is 5.91 Å². The number of nitrogens with one attached hydrogen (secondary N) is 1. The van der Waals surface area contributed by atoms with Gasteiger partial charge in [-0.2, -0.15) is 0 Å². The molecule has 0 heterocycles. The number of nitrogens with zero attached hydrogens (tertiary/aromatic N) is 1. The van der Waals surface area contributed by atoms with Crippen molar-refractivity contribution in [2.75, 3.05) is 19.6 Å². The average molecular weight is 226 g/mol. The predicted octanol–water partition coefficient (Wildman–Crippen LogP) is 2.39. The molecular weight excluding hydrogens is 200 g/mol. The Balaban J connectivity index is 3.91. The van der Waals surface area contributed by atoms with E-state index in [0.29, 0.717) is 12.3 Å². The van der Waals surface area contributed by atoms with Gasteiger partial charge in [-0.3, -0.25) is 4.79 Å². The molecule has 0 fully saturated rings. The standard InChI is InChI=1S/C13H26N2O/c1-5-10-15(11-12(3)4)13(16)8-7-9-14-6-2/h6,12,14H,2,5,7-11H2,1,3-4H3. The molecular formula is C13H26N2O. The molecule has 0 aromatic rings. The maximum atomic E-state index is 11.9. The maximum absolute atomic E-state index is 11.9. The molecule has 0 aliphatic carbocycles. The molecule has 0 aromatic carbocycles. The van der Waals surface area contributed by atoms with Gasteiger partial charge in [0.05, 0.1) is 0 Å². The lowest BCUT2D eigenvalue weighted by Gasteiger charge is -2.24. The van der Waals surface area contributed by atoms with Crippen LogP contribution >= 0.6 is 0 Å². The van der Waals surface area contributed by atoms with Crippen molar-refractivity contribution >= 4 is 5.91 Å². The zero-order chi connectivity index (χ0) is 12.4. The van der Waals surface area contributed by atoms with Crippen molar-refractivity contribution in [3.8, 4) is 0 Å². The predicted molar refractivity (Wildman–Crippen MR) is 69.1 cm³/mol. The normalized spacial score (nSPS) is 10.2. The molecule has 94 valence electrons. The molecule has 0 spiro atoms. The number of hydrogen-bond acceptors (Lipinski definition) is 2. The molecule has 0 rings (SSSR count). The van der Waals surface area contributed by atoms with Crippen LogP contribution in [0.3, 0.4) is 0 Å². The molecule has 1 N–H and O–H groups in total. The molecule has 0 aliphatic rings. The molecule has 16 heavy (non-hydrogen) atoms. The minimum absolute atomic E-state index is 0.279. The van der Waals surface area contributed by atoms with Crippen LogP contribution in [0.1, 0.15) is 40.0 Å². The Kier molecular flexibility index (Phi) is 8.68. The zero-order valence-electron chi connectivity index (χ0n) is 11.0. The molecule has 0 bridgehead atoms. The van der Waals surface area contributed by atoms with E-state index in [1.165, 1.54) is 0 Å². The number of amides is 1. The van der Waals surface area contributed by atoms with Crippen molar-refractivity contribution in [1.82, 2.24) is 10.2 Å². The molecule has 0 atom stereocenters. The van der Waals surface area contributed by atoms with Gasteiger partial charge < -0.3 is 10.2 Å². The molecule has 3 heteroatoms. The summed E-state index contributed by atoms with van der Waals surface area (Å²) in [6.07, 6.45) is 4.21. The fourth-order valence-electron chi connectivity index (χ4n) is 1.63. The minimum Gasteiger partial charge on any atom is -0.391 e. The van der Waals surface area contributed by atoms with E-state index in [0.717, 1.165) is 32.5 Å². The summed E-state index contributed by atoms with van der Waals surface area (Å²) in [6, 6.07) is 0. The van der Waals surface area contributed by atoms with E-state index in [1.807, 2.05) is 4.90 Å². The Morgan fingerprint density at radius 2 is 2.19 bits per heavy atom. The third kappa shape index (κ3) is 7.32. The lowest BCUT2D eigenvalue weighted by molar-refractivity contribution is -0.131. The summed E-state index contributed by atoms with van der Waals surface area (Å²) in [5, 5.41) is 3.01. The fraction of sp³-hybridized carbons (Fsp3) is 0.769. The first-order valence-corrected chi connectivity index (χ1v) is 6.23. The Labute approximate surface area is 99.9 Å². The van der Waals surface area contributed by atoms with Gasteiger partial charge in [0.1, 0.15) is 0 Å². The Morgan fingerprint density at radius 1 is 1.50 bits per heavy atom. The monoisotopic (exact) mass is 226 g/mol. The van der Waals surface area contributed by atoms with Crippen molar-refractivity contribution in [2.45, 2.75) is 40.0 Å². The van der Waals surface area contributed by atoms with Gasteiger partial charge in [0.2, 0.25) is 5.91 Å². The minimum atomic E-state index is 0.279. The van der Waals surface area contributed by atoms with E-state index in [1.54, 1.807) is 6.20 Å². The van der Waals surface area contributed by atoms with E-state index >= 15 is 0 Å². The van der Waals surface area contributed by atoms with Crippen LogP contribution in [-0.2, 0) is 4.79 Å². The van der Waals surface area contributed by atoms with E-state index < -0.39 is 0 Å². The molecule has 0 saturated carbocycles. The molecule has 0 aliphatic heterocycles. The van der Waals surface area contributed by atoms with Crippen LogP contribution in [0.5, 0.6) is 0 Å². The van der Waals surface area contributed by atoms with Crippen molar-refractivity contribution in [3.05, 3.63) is 12.8 Å². The zero-order valence-corrected chi connectivity index (χ0v) is 11.0. The van der Waals surface area contributed by atoms with Crippen LogP contribution in [0.15, 0.2) is 12.8 Å². The maximum Gasteiger partial charge on any atom is 0.222 e. The highest BCUT2D eigenvalue weighted by molar-refractivity contribution is 5.76. The number of carbonyl (C=O) groups is 1. The van der Waals surface area contributed by atoms with Crippen LogP contribution in [0.4, 0.5) is 0 Å². The summed E-state index contributed by atoms with van der Waals surface area (Å²) in [4.78, 5) is 13.9. The second-order valence-corrected chi connectivity index (χ2v) is 4.50. The van der Waals surface area contributed by atoms with E-state index in [2.05, 4.69) is 32.7 Å². The first-order valence-electron chi connectivity index (χ1n) is 6.23. The van der Waals surface area contributed by atoms with Gasteiger partial charge in [-0.05, 0) is 25.0 Å². The quantitative estimate of drug-likeness (QED) is 0.612. The highest BCUT2D eigenvalue weighted by atomic mass is 16.2. The first-order chi connectivity index (χ1) is 7.61. The van der Waals surface area contributed by atoms with Gasteiger partial charge in [-0.25, -0.2) is 0 Å². The summed E-state index contributed by atoms with van der Waals surface area (Å²) in [5.74, 6) is 0.822. The Hall–Kier alpha value is -0.990. The van der Waals surface area contributed by atoms with Crippen LogP contribution in [0.2, 0.25) is 0 Å². The van der Waals surface area contributed by atoms with Gasteiger partial charge in [-0.15, -0.1) is 0 Å². The topological polar surface area (TPSA) is 32.3 Å². The Bertz CT molecular complexity index is 202. The highest BCUT2D eigenvalue weighted by Gasteiger charge is 2.12. The molecule has 0 aromatic heterocycles. The fourth-order valence-corrected chi connectivity index (χ4v) is 1.63. The van der Waals surface area contributed by atoms with Crippen LogP contribution in [0.25, 0.3) is 0 Å². The summed E-state index contributed by atoms with van der Waals surface area (Å²) < 4.78 is 0. The molecule has 0 saturated heterocycles. The smallest absolute Gasteiger partial charge is 0.222 e. The third-order valence-electron chi connectivity index (χ3n) is 2.29. The second kappa shape index (κ2) is 9.25. The van der Waals surface area contributed by atoms with Gasteiger partial charge in [-0.1, -0.05) is 27.4 Å². The van der Waals surface area contributed by atoms with Gasteiger partial charge >= 0.3 is 0 Å². The number of rotatable bonds is 9.